The summed E-state index contributed by atoms with van der Waals surface area (Å²) in [6.45, 7) is 1.61. The minimum absolute atomic E-state index is 0.0992. The van der Waals surface area contributed by atoms with Crippen LogP contribution >= 0.6 is 0 Å². The number of fused-ring (bicyclic) bond motifs is 1. The lowest BCUT2D eigenvalue weighted by Crippen LogP contribution is -2.25. The minimum atomic E-state index is -5.08. The first-order chi connectivity index (χ1) is 15.6. The second kappa shape index (κ2) is 11.5. The summed E-state index contributed by atoms with van der Waals surface area (Å²) in [5, 5.41) is 26.8. The van der Waals surface area contributed by atoms with Gasteiger partial charge in [-0.15, -0.1) is 0 Å². The summed E-state index contributed by atoms with van der Waals surface area (Å²) in [5.41, 5.74) is 1.44. The zero-order valence-corrected chi connectivity index (χ0v) is 17.1. The van der Waals surface area contributed by atoms with Gasteiger partial charge in [0.1, 0.15) is 0 Å². The van der Waals surface area contributed by atoms with Crippen molar-refractivity contribution >= 4 is 34.7 Å². The third-order valence-electron chi connectivity index (χ3n) is 4.11. The maximum Gasteiger partial charge on any atom is 0.490 e. The lowest BCUT2D eigenvalue weighted by Gasteiger charge is -2.06. The molecule has 1 amide bonds. The molecule has 0 aliphatic rings. The maximum atomic E-state index is 12.1. The highest BCUT2D eigenvalue weighted by Gasteiger charge is 2.38. The Kier molecular flexibility index (Phi) is 8.77. The van der Waals surface area contributed by atoms with Crippen LogP contribution in [0.15, 0.2) is 36.8 Å². The quantitative estimate of drug-likeness (QED) is 0.297. The van der Waals surface area contributed by atoms with Crippen molar-refractivity contribution in [3.63, 3.8) is 0 Å². The van der Waals surface area contributed by atoms with Crippen LogP contribution in [0.1, 0.15) is 23.2 Å². The van der Waals surface area contributed by atoms with E-state index in [4.69, 9.17) is 15.0 Å². The molecule has 0 unspecified atom stereocenters. The molecule has 0 fully saturated rings. The van der Waals surface area contributed by atoms with Crippen molar-refractivity contribution in [1.82, 2.24) is 25.1 Å². The molecule has 0 bridgehead atoms. The van der Waals surface area contributed by atoms with E-state index in [-0.39, 0.29) is 18.9 Å². The van der Waals surface area contributed by atoms with Gasteiger partial charge in [-0.3, -0.25) is 14.3 Å². The monoisotopic (exact) mass is 470 g/mol. The number of aliphatic carboxylic acids is 2. The molecule has 2 aromatic heterocycles. The van der Waals surface area contributed by atoms with Gasteiger partial charge < -0.3 is 25.8 Å². The van der Waals surface area contributed by atoms with Crippen LogP contribution in [-0.4, -0.2) is 67.1 Å². The summed E-state index contributed by atoms with van der Waals surface area (Å²) in [6.07, 6.45) is 0.869. The first-order valence-corrected chi connectivity index (χ1v) is 9.57. The van der Waals surface area contributed by atoms with Crippen molar-refractivity contribution in [2.24, 2.45) is 0 Å². The highest BCUT2D eigenvalue weighted by Crippen LogP contribution is 2.16. The Balaban J connectivity index is 0.000000479. The fourth-order valence-corrected chi connectivity index (χ4v) is 2.59. The molecule has 3 aromatic rings. The Hall–Kier alpha value is -4.10. The van der Waals surface area contributed by atoms with E-state index in [1.165, 1.54) is 0 Å². The van der Waals surface area contributed by atoms with Crippen molar-refractivity contribution in [3.8, 4) is 0 Å². The third-order valence-corrected chi connectivity index (χ3v) is 4.11. The average Bonchev–Trinajstić information content (AvgIpc) is 3.40. The molecule has 2 heterocycles. The molecule has 1 aromatic carbocycles. The van der Waals surface area contributed by atoms with E-state index in [9.17, 15) is 22.8 Å². The third kappa shape index (κ3) is 8.16. The van der Waals surface area contributed by atoms with Gasteiger partial charge in [0.2, 0.25) is 0 Å². The summed E-state index contributed by atoms with van der Waals surface area (Å²) < 4.78 is 33.6. The smallest absolute Gasteiger partial charge is 0.481 e. The molecule has 0 saturated heterocycles. The molecule has 0 aliphatic carbocycles. The summed E-state index contributed by atoms with van der Waals surface area (Å²) in [5.74, 6) is -3.24. The van der Waals surface area contributed by atoms with Gasteiger partial charge in [0.05, 0.1) is 18.1 Å². The number of rotatable bonds is 9. The molecule has 14 heteroatoms. The normalized spacial score (nSPS) is 10.9. The van der Waals surface area contributed by atoms with Crippen molar-refractivity contribution in [2.75, 3.05) is 18.4 Å². The average molecular weight is 470 g/mol. The number of anilines is 1. The van der Waals surface area contributed by atoms with Crippen LogP contribution in [0.2, 0.25) is 0 Å². The van der Waals surface area contributed by atoms with Crippen LogP contribution in [0.5, 0.6) is 0 Å². The van der Waals surface area contributed by atoms with Crippen LogP contribution in [0.3, 0.4) is 0 Å². The fourth-order valence-electron chi connectivity index (χ4n) is 2.59. The number of halogens is 3. The number of alkyl halides is 3. The molecule has 0 radical (unpaired) electrons. The Labute approximate surface area is 184 Å². The van der Waals surface area contributed by atoms with Crippen LogP contribution in [0, 0.1) is 0 Å². The lowest BCUT2D eigenvalue weighted by molar-refractivity contribution is -0.192. The van der Waals surface area contributed by atoms with E-state index in [1.54, 1.807) is 30.7 Å². The van der Waals surface area contributed by atoms with Crippen molar-refractivity contribution in [3.05, 3.63) is 42.4 Å². The van der Waals surface area contributed by atoms with Gasteiger partial charge in [0.25, 0.3) is 5.91 Å². The van der Waals surface area contributed by atoms with E-state index < -0.39 is 18.1 Å². The highest BCUT2D eigenvalue weighted by atomic mass is 19.4. The Morgan fingerprint density at radius 2 is 1.88 bits per heavy atom. The van der Waals surface area contributed by atoms with E-state index >= 15 is 0 Å². The van der Waals surface area contributed by atoms with Gasteiger partial charge >= 0.3 is 18.1 Å². The molecular formula is C19H21F3N6O5. The SMILES string of the molecule is O=C(O)C(F)(F)F.O=C(O)CCNC(=O)c1ccc2c(cnn2CCCNc2ncc[nH]2)c1. The van der Waals surface area contributed by atoms with Gasteiger partial charge in [0, 0.05) is 43.0 Å². The number of carbonyl (C=O) groups excluding carboxylic acids is 1. The topological polar surface area (TPSA) is 162 Å². The van der Waals surface area contributed by atoms with E-state index in [2.05, 4.69) is 25.7 Å². The lowest BCUT2D eigenvalue weighted by atomic mass is 10.1. The van der Waals surface area contributed by atoms with Gasteiger partial charge in [-0.1, -0.05) is 0 Å². The van der Waals surface area contributed by atoms with Gasteiger partial charge in [-0.2, -0.15) is 18.3 Å². The fraction of sp³-hybridized carbons (Fsp3) is 0.316. The summed E-state index contributed by atoms with van der Waals surface area (Å²) in [4.78, 5) is 38.5. The van der Waals surface area contributed by atoms with Crippen LogP contribution in [0.4, 0.5) is 19.1 Å². The number of amides is 1. The Morgan fingerprint density at radius 1 is 1.15 bits per heavy atom. The number of aromatic nitrogens is 4. The molecular weight excluding hydrogens is 449 g/mol. The van der Waals surface area contributed by atoms with Crippen molar-refractivity contribution in [2.45, 2.75) is 25.6 Å². The van der Waals surface area contributed by atoms with E-state index in [1.807, 2.05) is 10.7 Å². The number of H-pyrrole nitrogens is 1. The van der Waals surface area contributed by atoms with Crippen LogP contribution in [-0.2, 0) is 16.1 Å². The largest absolute Gasteiger partial charge is 0.490 e. The van der Waals surface area contributed by atoms with Crippen LogP contribution < -0.4 is 10.6 Å². The predicted octanol–water partition coefficient (Wildman–Crippen LogP) is 2.10. The summed E-state index contributed by atoms with van der Waals surface area (Å²) in [7, 11) is 0. The second-order valence-electron chi connectivity index (χ2n) is 6.56. The molecule has 0 spiro atoms. The number of aryl methyl sites for hydroxylation is 1. The number of carboxylic acids is 2. The molecule has 0 saturated carbocycles. The number of nitrogens with one attached hydrogen (secondary N) is 3. The van der Waals surface area contributed by atoms with Gasteiger partial charge in [-0.25, -0.2) is 9.78 Å². The molecule has 3 rings (SSSR count). The molecule has 33 heavy (non-hydrogen) atoms. The summed E-state index contributed by atoms with van der Waals surface area (Å²) in [6, 6.07) is 5.34. The molecule has 0 atom stereocenters. The number of carboxylic acid groups (broad SMARTS) is 2. The number of imidazole rings is 1. The van der Waals surface area contributed by atoms with Gasteiger partial charge in [0.15, 0.2) is 5.95 Å². The molecule has 11 nitrogen and oxygen atoms in total. The summed E-state index contributed by atoms with van der Waals surface area (Å²) >= 11 is 0. The second-order valence-corrected chi connectivity index (χ2v) is 6.56. The molecule has 5 N–H and O–H groups in total. The standard InChI is InChI=1S/C17H20N6O3.C2HF3O2/c24-15(25)4-6-18-16(26)12-2-3-14-13(10-12)11-22-23(14)9-1-5-19-17-20-7-8-21-17;3-2(4,5)1(6)7/h2-3,7-8,10-11H,1,4-6,9H2,(H,18,26)(H,24,25)(H2,19,20,21);(H,6,7). The Bertz CT molecular complexity index is 1080. The van der Waals surface area contributed by atoms with Gasteiger partial charge in [-0.05, 0) is 24.6 Å². The number of hydrogen-bond donors (Lipinski definition) is 5. The van der Waals surface area contributed by atoms with Crippen molar-refractivity contribution in [1.29, 1.82) is 0 Å². The van der Waals surface area contributed by atoms with Crippen LogP contribution in [0.25, 0.3) is 10.9 Å². The number of aromatic amines is 1. The number of carbonyl (C=O) groups is 3. The molecule has 178 valence electrons. The minimum Gasteiger partial charge on any atom is -0.481 e. The number of hydrogen-bond acceptors (Lipinski definition) is 6. The first kappa shape index (κ1) is 25.2. The van der Waals surface area contributed by atoms with E-state index in [0.29, 0.717) is 5.56 Å². The van der Waals surface area contributed by atoms with E-state index in [0.717, 1.165) is 36.4 Å². The maximum absolute atomic E-state index is 12.1. The highest BCUT2D eigenvalue weighted by molar-refractivity contribution is 5.98. The van der Waals surface area contributed by atoms with Crippen molar-refractivity contribution < 1.29 is 37.8 Å². The predicted molar refractivity (Wildman–Crippen MR) is 110 cm³/mol. The Morgan fingerprint density at radius 3 is 2.48 bits per heavy atom. The number of nitrogens with zero attached hydrogens (tertiary/aromatic N) is 3. The molecule has 0 aliphatic heterocycles. The number of benzene rings is 1. The zero-order chi connectivity index (χ0) is 24.4. The first-order valence-electron chi connectivity index (χ1n) is 9.57. The zero-order valence-electron chi connectivity index (χ0n) is 17.1.